The number of hydrogen-bond acceptors (Lipinski definition) is 5. The van der Waals surface area contributed by atoms with Crippen molar-refractivity contribution in [2.75, 3.05) is 18.5 Å². The first kappa shape index (κ1) is 9.99. The maximum absolute atomic E-state index is 4.51. The predicted octanol–water partition coefficient (Wildman–Crippen LogP) is 2.50. The largest absolute Gasteiger partial charge is 0.294 e. The van der Waals surface area contributed by atoms with Crippen molar-refractivity contribution in [2.45, 2.75) is 19.3 Å². The number of hydrazine groups is 1. The molecule has 2 aromatic rings. The summed E-state index contributed by atoms with van der Waals surface area (Å²) in [5.74, 6) is 0. The predicted molar refractivity (Wildman–Crippen MR) is 66.5 cm³/mol. The number of nitrogens with one attached hydrogen (secondary N) is 1. The number of nitrogens with zero attached hydrogens (tertiary/aromatic N) is 3. The molecule has 1 aliphatic heterocycles. The van der Waals surface area contributed by atoms with Gasteiger partial charge in [-0.05, 0) is 18.9 Å². The van der Waals surface area contributed by atoms with Gasteiger partial charge in [0, 0.05) is 19.3 Å². The molecule has 1 fully saturated rings. The van der Waals surface area contributed by atoms with E-state index in [4.69, 9.17) is 0 Å². The smallest absolute Gasteiger partial charge is 0.198 e. The number of rotatable bonds is 2. The molecule has 84 valence electrons. The van der Waals surface area contributed by atoms with Gasteiger partial charge in [-0.1, -0.05) is 17.8 Å². The first-order valence-corrected chi connectivity index (χ1v) is 6.46. The fourth-order valence-corrected chi connectivity index (χ4v) is 2.83. The lowest BCUT2D eigenvalue weighted by molar-refractivity contribution is 0.273. The van der Waals surface area contributed by atoms with Crippen molar-refractivity contribution in [3.63, 3.8) is 0 Å². The summed E-state index contributed by atoms with van der Waals surface area (Å²) in [4.78, 5) is 8.59. The highest BCUT2D eigenvalue weighted by molar-refractivity contribution is 7.22. The third-order valence-corrected chi connectivity index (χ3v) is 3.74. The lowest BCUT2D eigenvalue weighted by atomic mass is 10.2. The number of piperidine rings is 1. The van der Waals surface area contributed by atoms with E-state index in [1.54, 1.807) is 11.3 Å². The summed E-state index contributed by atoms with van der Waals surface area (Å²) in [6, 6.07) is 2.01. The Morgan fingerprint density at radius 1 is 1.25 bits per heavy atom. The van der Waals surface area contributed by atoms with Crippen LogP contribution in [0.15, 0.2) is 18.5 Å². The van der Waals surface area contributed by atoms with Crippen LogP contribution in [0.2, 0.25) is 0 Å². The van der Waals surface area contributed by atoms with Crippen molar-refractivity contribution in [2.24, 2.45) is 0 Å². The molecule has 0 unspecified atom stereocenters. The standard InChI is InChI=1S/C11H14N4S/c1-2-6-15(7-3-1)14-11-13-9-8-12-5-4-10(9)16-11/h4-5,8H,1-3,6-7H2,(H,13,14). The van der Waals surface area contributed by atoms with Gasteiger partial charge in [0.2, 0.25) is 0 Å². The summed E-state index contributed by atoms with van der Waals surface area (Å²) >= 11 is 1.69. The molecule has 1 N–H and O–H groups in total. The Hall–Kier alpha value is -1.20. The van der Waals surface area contributed by atoms with E-state index in [-0.39, 0.29) is 0 Å². The van der Waals surface area contributed by atoms with Crippen molar-refractivity contribution in [3.8, 4) is 0 Å². The summed E-state index contributed by atoms with van der Waals surface area (Å²) in [6.07, 6.45) is 7.53. The van der Waals surface area contributed by atoms with Crippen LogP contribution < -0.4 is 5.43 Å². The van der Waals surface area contributed by atoms with E-state index in [1.165, 1.54) is 24.0 Å². The second-order valence-corrected chi connectivity index (χ2v) is 5.05. The molecule has 3 rings (SSSR count). The molecule has 2 aromatic heterocycles. The molecule has 16 heavy (non-hydrogen) atoms. The lowest BCUT2D eigenvalue weighted by Crippen LogP contribution is -2.34. The number of pyridine rings is 1. The van der Waals surface area contributed by atoms with Crippen LogP contribution in [0, 0.1) is 0 Å². The maximum atomic E-state index is 4.51. The Bertz CT molecular complexity index is 443. The Labute approximate surface area is 98.3 Å². The highest BCUT2D eigenvalue weighted by Gasteiger charge is 2.11. The van der Waals surface area contributed by atoms with Gasteiger partial charge in [0.15, 0.2) is 5.13 Å². The molecule has 4 nitrogen and oxygen atoms in total. The highest BCUT2D eigenvalue weighted by Crippen LogP contribution is 2.25. The Balaban J connectivity index is 1.78. The second-order valence-electron chi connectivity index (χ2n) is 4.02. The molecular weight excluding hydrogens is 220 g/mol. The number of thiazole rings is 1. The van der Waals surface area contributed by atoms with Gasteiger partial charge in [-0.15, -0.1) is 0 Å². The number of aromatic nitrogens is 2. The molecule has 1 aliphatic rings. The van der Waals surface area contributed by atoms with Crippen molar-refractivity contribution in [1.82, 2.24) is 15.0 Å². The summed E-state index contributed by atoms with van der Waals surface area (Å²) in [5.41, 5.74) is 4.36. The summed E-state index contributed by atoms with van der Waals surface area (Å²) in [5, 5.41) is 3.24. The fraction of sp³-hybridized carbons (Fsp3) is 0.455. The Kier molecular flexibility index (Phi) is 2.71. The molecule has 3 heterocycles. The zero-order chi connectivity index (χ0) is 10.8. The lowest BCUT2D eigenvalue weighted by Gasteiger charge is -2.26. The first-order chi connectivity index (χ1) is 7.92. The van der Waals surface area contributed by atoms with Crippen molar-refractivity contribution in [1.29, 1.82) is 0 Å². The number of hydrogen-bond donors (Lipinski definition) is 1. The zero-order valence-electron chi connectivity index (χ0n) is 9.02. The van der Waals surface area contributed by atoms with Crippen LogP contribution >= 0.6 is 11.3 Å². The van der Waals surface area contributed by atoms with E-state index in [0.29, 0.717) is 0 Å². The quantitative estimate of drug-likeness (QED) is 0.867. The molecule has 0 saturated carbocycles. The molecule has 0 radical (unpaired) electrons. The normalized spacial score (nSPS) is 17.8. The monoisotopic (exact) mass is 234 g/mol. The van der Waals surface area contributed by atoms with Crippen LogP contribution in [0.25, 0.3) is 10.2 Å². The minimum absolute atomic E-state index is 0.977. The topological polar surface area (TPSA) is 41.0 Å². The fourth-order valence-electron chi connectivity index (χ4n) is 1.97. The number of anilines is 1. The molecular formula is C11H14N4S. The Morgan fingerprint density at radius 2 is 2.12 bits per heavy atom. The highest BCUT2D eigenvalue weighted by atomic mass is 32.1. The first-order valence-electron chi connectivity index (χ1n) is 5.64. The summed E-state index contributed by atoms with van der Waals surface area (Å²) in [6.45, 7) is 2.24. The molecule has 0 amide bonds. The average Bonchev–Trinajstić information content (AvgIpc) is 2.72. The van der Waals surface area contributed by atoms with Gasteiger partial charge in [0.25, 0.3) is 0 Å². The van der Waals surface area contributed by atoms with Crippen LogP contribution in [0.3, 0.4) is 0 Å². The van der Waals surface area contributed by atoms with Crippen LogP contribution in [0.5, 0.6) is 0 Å². The van der Waals surface area contributed by atoms with Gasteiger partial charge in [-0.2, -0.15) is 0 Å². The molecule has 0 aromatic carbocycles. The third-order valence-electron chi connectivity index (χ3n) is 2.80. The van der Waals surface area contributed by atoms with Gasteiger partial charge in [-0.3, -0.25) is 10.4 Å². The van der Waals surface area contributed by atoms with Crippen LogP contribution in [-0.4, -0.2) is 28.1 Å². The van der Waals surface area contributed by atoms with Crippen LogP contribution in [0.4, 0.5) is 5.13 Å². The van der Waals surface area contributed by atoms with Crippen LogP contribution in [0.1, 0.15) is 19.3 Å². The molecule has 5 heteroatoms. The van der Waals surface area contributed by atoms with E-state index in [1.807, 2.05) is 18.5 Å². The summed E-state index contributed by atoms with van der Waals surface area (Å²) < 4.78 is 1.19. The van der Waals surface area contributed by atoms with Gasteiger partial charge in [0.1, 0.15) is 5.52 Å². The van der Waals surface area contributed by atoms with Gasteiger partial charge >= 0.3 is 0 Å². The summed E-state index contributed by atoms with van der Waals surface area (Å²) in [7, 11) is 0. The van der Waals surface area contributed by atoms with E-state index >= 15 is 0 Å². The van der Waals surface area contributed by atoms with Crippen molar-refractivity contribution < 1.29 is 0 Å². The molecule has 1 saturated heterocycles. The molecule has 0 atom stereocenters. The van der Waals surface area contributed by atoms with Crippen molar-refractivity contribution in [3.05, 3.63) is 18.5 Å². The molecule has 0 aliphatic carbocycles. The second kappa shape index (κ2) is 4.35. The van der Waals surface area contributed by atoms with E-state index < -0.39 is 0 Å². The zero-order valence-corrected chi connectivity index (χ0v) is 9.83. The van der Waals surface area contributed by atoms with E-state index in [9.17, 15) is 0 Å². The number of fused-ring (bicyclic) bond motifs is 1. The minimum Gasteiger partial charge on any atom is -0.294 e. The van der Waals surface area contributed by atoms with Gasteiger partial charge < -0.3 is 0 Å². The maximum Gasteiger partial charge on any atom is 0.198 e. The minimum atomic E-state index is 0.977. The SMILES string of the molecule is c1cc2sc(NN3CCCCC3)nc2cn1. The van der Waals surface area contributed by atoms with Crippen molar-refractivity contribution >= 4 is 26.7 Å². The molecule has 0 spiro atoms. The van der Waals surface area contributed by atoms with Gasteiger partial charge in [0.05, 0.1) is 10.9 Å². The van der Waals surface area contributed by atoms with E-state index in [0.717, 1.165) is 23.7 Å². The van der Waals surface area contributed by atoms with Crippen LogP contribution in [-0.2, 0) is 0 Å². The van der Waals surface area contributed by atoms with E-state index in [2.05, 4.69) is 20.4 Å². The Morgan fingerprint density at radius 3 is 2.94 bits per heavy atom. The average molecular weight is 234 g/mol. The molecule has 0 bridgehead atoms. The van der Waals surface area contributed by atoms with Gasteiger partial charge in [-0.25, -0.2) is 9.99 Å². The third kappa shape index (κ3) is 2.01.